The summed E-state index contributed by atoms with van der Waals surface area (Å²) in [5.74, 6) is 1.62. The summed E-state index contributed by atoms with van der Waals surface area (Å²) in [4.78, 5) is 11.0. The summed E-state index contributed by atoms with van der Waals surface area (Å²) < 4.78 is 0. The normalized spacial score (nSPS) is 37.1. The van der Waals surface area contributed by atoms with Crippen molar-refractivity contribution < 1.29 is 4.92 Å². The van der Waals surface area contributed by atoms with Crippen LogP contribution in [0.4, 0.5) is 0 Å². The summed E-state index contributed by atoms with van der Waals surface area (Å²) in [7, 11) is 0. The van der Waals surface area contributed by atoms with Crippen LogP contribution in [0.5, 0.6) is 0 Å². The zero-order chi connectivity index (χ0) is 11.1. The van der Waals surface area contributed by atoms with Gasteiger partial charge in [-0.1, -0.05) is 18.6 Å². The number of nitrogens with zero attached hydrogens (tertiary/aromatic N) is 1. The highest BCUT2D eigenvalue weighted by atomic mass is 16.6. The van der Waals surface area contributed by atoms with Crippen molar-refractivity contribution >= 4 is 0 Å². The molecule has 3 aliphatic carbocycles. The fourth-order valence-electron chi connectivity index (χ4n) is 3.80. The molecule has 0 unspecified atom stereocenters. The average molecular weight is 219 g/mol. The van der Waals surface area contributed by atoms with Crippen LogP contribution in [0.1, 0.15) is 38.5 Å². The van der Waals surface area contributed by atoms with E-state index in [-0.39, 0.29) is 4.92 Å². The molecule has 3 atom stereocenters. The van der Waals surface area contributed by atoms with E-state index >= 15 is 0 Å². The predicted molar refractivity (Wildman–Crippen MR) is 61.3 cm³/mol. The highest BCUT2D eigenvalue weighted by molar-refractivity contribution is 5.24. The molecule has 86 valence electrons. The summed E-state index contributed by atoms with van der Waals surface area (Å²) in [6.45, 7) is 0. The molecular formula is C13H17NO2. The van der Waals surface area contributed by atoms with Crippen molar-refractivity contribution in [2.45, 2.75) is 38.5 Å². The van der Waals surface area contributed by atoms with E-state index in [4.69, 9.17) is 0 Å². The molecule has 3 aliphatic rings. The van der Waals surface area contributed by atoms with Crippen LogP contribution < -0.4 is 0 Å². The summed E-state index contributed by atoms with van der Waals surface area (Å²) in [6, 6.07) is 0. The molecule has 1 saturated carbocycles. The van der Waals surface area contributed by atoms with Crippen LogP contribution in [-0.2, 0) is 0 Å². The van der Waals surface area contributed by atoms with Crippen molar-refractivity contribution in [2.75, 3.05) is 0 Å². The Labute approximate surface area is 95.4 Å². The first-order valence-corrected chi connectivity index (χ1v) is 6.30. The molecule has 0 aromatic carbocycles. The number of fused-ring (bicyclic) bond motifs is 3. The fraction of sp³-hybridized carbons (Fsp3) is 0.692. The third-order valence-electron chi connectivity index (χ3n) is 4.51. The molecule has 3 heteroatoms. The van der Waals surface area contributed by atoms with E-state index in [1.54, 1.807) is 0 Å². The molecule has 0 aromatic heterocycles. The van der Waals surface area contributed by atoms with E-state index in [1.807, 2.05) is 0 Å². The number of nitro groups is 1. The number of hydrogen-bond donors (Lipinski definition) is 0. The van der Waals surface area contributed by atoms with E-state index < -0.39 is 0 Å². The fourth-order valence-corrected chi connectivity index (χ4v) is 3.80. The third kappa shape index (κ3) is 1.41. The number of allylic oxidation sites excluding steroid dienone is 4. The van der Waals surface area contributed by atoms with Crippen molar-refractivity contribution in [1.29, 1.82) is 0 Å². The van der Waals surface area contributed by atoms with E-state index in [0.717, 1.165) is 25.7 Å². The summed E-state index contributed by atoms with van der Waals surface area (Å²) in [5.41, 5.74) is 1.75. The standard InChI is InChI=1S/C13H17NO2/c15-14(16)13-8-9-4-3-7-10(9)11-5-1-2-6-12(11)13/h3,7,9-11H,1-2,4-6,8H2/t9-,10-,11-/m0/s1. The van der Waals surface area contributed by atoms with Crippen LogP contribution in [0.2, 0.25) is 0 Å². The first kappa shape index (κ1) is 10.1. The van der Waals surface area contributed by atoms with Crippen molar-refractivity contribution in [3.05, 3.63) is 33.5 Å². The Kier molecular flexibility index (Phi) is 2.34. The van der Waals surface area contributed by atoms with Gasteiger partial charge >= 0.3 is 0 Å². The lowest BCUT2D eigenvalue weighted by molar-refractivity contribution is -0.432. The van der Waals surface area contributed by atoms with Gasteiger partial charge in [0.15, 0.2) is 0 Å². The van der Waals surface area contributed by atoms with Crippen LogP contribution in [0.15, 0.2) is 23.4 Å². The Morgan fingerprint density at radius 3 is 3.06 bits per heavy atom. The van der Waals surface area contributed by atoms with Crippen molar-refractivity contribution in [3.63, 3.8) is 0 Å². The van der Waals surface area contributed by atoms with Gasteiger partial charge in [-0.3, -0.25) is 10.1 Å². The van der Waals surface area contributed by atoms with E-state index in [0.29, 0.717) is 29.9 Å². The molecule has 1 fully saturated rings. The Bertz CT molecular complexity index is 383. The Balaban J connectivity index is 2.00. The second kappa shape index (κ2) is 3.72. The SMILES string of the molecule is O=[N+]([O-])C1=C2CCCC[C@H]2[C@H]2C=CC[C@H]2C1. The second-order valence-corrected chi connectivity index (χ2v) is 5.29. The number of hydrogen-bond acceptors (Lipinski definition) is 2. The molecule has 0 amide bonds. The van der Waals surface area contributed by atoms with Gasteiger partial charge in [0.1, 0.15) is 0 Å². The zero-order valence-corrected chi connectivity index (χ0v) is 9.39. The van der Waals surface area contributed by atoms with Gasteiger partial charge in [0.25, 0.3) is 0 Å². The molecule has 0 saturated heterocycles. The highest BCUT2D eigenvalue weighted by Gasteiger charge is 2.43. The van der Waals surface area contributed by atoms with Gasteiger partial charge in [-0.25, -0.2) is 0 Å². The van der Waals surface area contributed by atoms with Crippen molar-refractivity contribution in [1.82, 2.24) is 0 Å². The van der Waals surface area contributed by atoms with Crippen LogP contribution >= 0.6 is 0 Å². The molecule has 0 aromatic rings. The van der Waals surface area contributed by atoms with Gasteiger partial charge in [-0.05, 0) is 43.4 Å². The first-order valence-electron chi connectivity index (χ1n) is 6.30. The maximum absolute atomic E-state index is 11.1. The third-order valence-corrected chi connectivity index (χ3v) is 4.51. The molecule has 16 heavy (non-hydrogen) atoms. The summed E-state index contributed by atoms with van der Waals surface area (Å²) in [5, 5.41) is 11.1. The van der Waals surface area contributed by atoms with Crippen LogP contribution in [0, 0.1) is 27.9 Å². The quantitative estimate of drug-likeness (QED) is 0.386. The molecule has 0 aliphatic heterocycles. The molecule has 0 heterocycles. The molecule has 0 radical (unpaired) electrons. The molecule has 3 rings (SSSR count). The van der Waals surface area contributed by atoms with Crippen LogP contribution in [0.3, 0.4) is 0 Å². The smallest absolute Gasteiger partial charge is 0.246 e. The van der Waals surface area contributed by atoms with Gasteiger partial charge in [-0.15, -0.1) is 0 Å². The highest BCUT2D eigenvalue weighted by Crippen LogP contribution is 2.49. The summed E-state index contributed by atoms with van der Waals surface area (Å²) in [6.07, 6.45) is 10.8. The monoisotopic (exact) mass is 219 g/mol. The Morgan fingerprint density at radius 2 is 2.25 bits per heavy atom. The molecule has 0 bridgehead atoms. The molecule has 0 N–H and O–H groups in total. The molecule has 3 nitrogen and oxygen atoms in total. The van der Waals surface area contributed by atoms with Crippen LogP contribution in [0.25, 0.3) is 0 Å². The first-order chi connectivity index (χ1) is 7.77. The summed E-state index contributed by atoms with van der Waals surface area (Å²) >= 11 is 0. The maximum atomic E-state index is 11.1. The topological polar surface area (TPSA) is 43.1 Å². The number of rotatable bonds is 1. The predicted octanol–water partition coefficient (Wildman–Crippen LogP) is 3.30. The largest absolute Gasteiger partial charge is 0.259 e. The second-order valence-electron chi connectivity index (χ2n) is 5.29. The van der Waals surface area contributed by atoms with Gasteiger partial charge in [0.05, 0.1) is 4.92 Å². The average Bonchev–Trinajstić information content (AvgIpc) is 2.75. The van der Waals surface area contributed by atoms with Crippen molar-refractivity contribution in [3.8, 4) is 0 Å². The molecular weight excluding hydrogens is 202 g/mol. The van der Waals surface area contributed by atoms with Crippen LogP contribution in [-0.4, -0.2) is 4.92 Å². The van der Waals surface area contributed by atoms with E-state index in [1.165, 1.54) is 12.0 Å². The lowest BCUT2D eigenvalue weighted by atomic mass is 9.67. The van der Waals surface area contributed by atoms with E-state index in [2.05, 4.69) is 12.2 Å². The van der Waals surface area contributed by atoms with Gasteiger partial charge < -0.3 is 0 Å². The van der Waals surface area contributed by atoms with Crippen molar-refractivity contribution in [2.24, 2.45) is 17.8 Å². The maximum Gasteiger partial charge on any atom is 0.246 e. The lowest BCUT2D eigenvalue weighted by Crippen LogP contribution is -2.31. The minimum Gasteiger partial charge on any atom is -0.259 e. The van der Waals surface area contributed by atoms with Gasteiger partial charge in [0.2, 0.25) is 5.70 Å². The molecule has 0 spiro atoms. The minimum atomic E-state index is -0.109. The minimum absolute atomic E-state index is 0.109. The van der Waals surface area contributed by atoms with Gasteiger partial charge in [-0.2, -0.15) is 0 Å². The Hall–Kier alpha value is -1.12. The van der Waals surface area contributed by atoms with E-state index in [9.17, 15) is 10.1 Å². The van der Waals surface area contributed by atoms with Gasteiger partial charge in [0, 0.05) is 12.0 Å². The Morgan fingerprint density at radius 1 is 1.38 bits per heavy atom. The zero-order valence-electron chi connectivity index (χ0n) is 9.39. The lowest BCUT2D eigenvalue weighted by Gasteiger charge is -2.36.